The first-order chi connectivity index (χ1) is 19.0. The number of rotatable bonds is 5. The Balaban J connectivity index is 1.22. The van der Waals surface area contributed by atoms with Crippen molar-refractivity contribution in [2.24, 2.45) is 7.05 Å². The average Bonchev–Trinajstić information content (AvgIpc) is 3.62. The largest absolute Gasteiger partial charge is 0.353 e. The first-order valence-corrected chi connectivity index (χ1v) is 13.0. The normalized spacial score (nSPS) is 14.4. The minimum atomic E-state index is -0.156. The lowest BCUT2D eigenvalue weighted by Crippen LogP contribution is -2.50. The number of carbonyl (C=O) groups excluding carboxylic acids is 1. The molecule has 6 rings (SSSR count). The lowest BCUT2D eigenvalue weighted by molar-refractivity contribution is -0.132. The fourth-order valence-corrected chi connectivity index (χ4v) is 5.20. The Morgan fingerprint density at radius 2 is 1.72 bits per heavy atom. The number of aryl methyl sites for hydroxylation is 1. The van der Waals surface area contributed by atoms with Gasteiger partial charge in [-0.05, 0) is 30.7 Å². The van der Waals surface area contributed by atoms with Gasteiger partial charge in [-0.15, -0.1) is 0 Å². The van der Waals surface area contributed by atoms with Crippen molar-refractivity contribution in [1.29, 1.82) is 5.26 Å². The number of hydrogen-bond donors (Lipinski definition) is 0. The van der Waals surface area contributed by atoms with E-state index in [0.29, 0.717) is 18.7 Å². The van der Waals surface area contributed by atoms with Gasteiger partial charge in [0.2, 0.25) is 5.91 Å². The highest BCUT2D eigenvalue weighted by Crippen LogP contribution is 2.32. The summed E-state index contributed by atoms with van der Waals surface area (Å²) in [6.45, 7) is 4.75. The number of hydrogen-bond acceptors (Lipinski definition) is 6. The number of carbonyl (C=O) groups is 1. The molecule has 1 amide bonds. The smallest absolute Gasteiger partial charge is 0.229 e. The van der Waals surface area contributed by atoms with E-state index in [1.165, 1.54) is 0 Å². The SMILES string of the molecule is C[C@@H](C(=O)N1CCN(c2ccc(-c3cc(-c4cnn(C)c4)cn4ncc(C#N)c34)cn2)CC1)c1ccccc1. The summed E-state index contributed by atoms with van der Waals surface area (Å²) in [4.78, 5) is 22.0. The van der Waals surface area contributed by atoms with E-state index in [9.17, 15) is 10.1 Å². The van der Waals surface area contributed by atoms with Crippen LogP contribution in [0.2, 0.25) is 0 Å². The Morgan fingerprint density at radius 1 is 0.923 bits per heavy atom. The van der Waals surface area contributed by atoms with Gasteiger partial charge in [-0.25, -0.2) is 9.50 Å². The Labute approximate surface area is 226 Å². The molecule has 1 aliphatic heterocycles. The van der Waals surface area contributed by atoms with Crippen molar-refractivity contribution < 1.29 is 4.79 Å². The highest BCUT2D eigenvalue weighted by molar-refractivity contribution is 5.87. The third-order valence-corrected chi connectivity index (χ3v) is 7.41. The van der Waals surface area contributed by atoms with Gasteiger partial charge in [-0.1, -0.05) is 30.3 Å². The first kappa shape index (κ1) is 24.4. The molecule has 9 heteroatoms. The topological polar surface area (TPSA) is 95.4 Å². The molecule has 1 aliphatic rings. The van der Waals surface area contributed by atoms with Gasteiger partial charge < -0.3 is 9.80 Å². The van der Waals surface area contributed by atoms with E-state index in [1.807, 2.05) is 86.1 Å². The molecule has 5 aromatic rings. The highest BCUT2D eigenvalue weighted by atomic mass is 16.2. The summed E-state index contributed by atoms with van der Waals surface area (Å²) >= 11 is 0. The van der Waals surface area contributed by atoms with E-state index < -0.39 is 0 Å². The molecular formula is C30H28N8O. The maximum Gasteiger partial charge on any atom is 0.229 e. The van der Waals surface area contributed by atoms with Gasteiger partial charge >= 0.3 is 0 Å². The van der Waals surface area contributed by atoms with Crippen molar-refractivity contribution in [3.63, 3.8) is 0 Å². The fraction of sp³-hybridized carbons (Fsp3) is 0.233. The number of fused-ring (bicyclic) bond motifs is 1. The van der Waals surface area contributed by atoms with Gasteiger partial charge in [0.15, 0.2) is 0 Å². The molecule has 0 N–H and O–H groups in total. The maximum atomic E-state index is 13.1. The molecular weight excluding hydrogens is 488 g/mol. The molecule has 5 heterocycles. The van der Waals surface area contributed by atoms with Crippen LogP contribution < -0.4 is 4.90 Å². The van der Waals surface area contributed by atoms with Crippen molar-refractivity contribution >= 4 is 17.2 Å². The fourth-order valence-electron chi connectivity index (χ4n) is 5.20. The van der Waals surface area contributed by atoms with E-state index >= 15 is 0 Å². The molecule has 1 aromatic carbocycles. The average molecular weight is 517 g/mol. The van der Waals surface area contributed by atoms with Crippen molar-refractivity contribution in [3.8, 4) is 28.3 Å². The summed E-state index contributed by atoms with van der Waals surface area (Å²) in [6, 6.07) is 18.3. The number of anilines is 1. The molecule has 0 spiro atoms. The Morgan fingerprint density at radius 3 is 2.38 bits per heavy atom. The van der Waals surface area contributed by atoms with Gasteiger partial charge in [0, 0.05) is 74.1 Å². The number of pyridine rings is 2. The molecule has 9 nitrogen and oxygen atoms in total. The van der Waals surface area contributed by atoms with Gasteiger partial charge in [-0.2, -0.15) is 15.5 Å². The van der Waals surface area contributed by atoms with Crippen LogP contribution in [0.3, 0.4) is 0 Å². The molecule has 0 aliphatic carbocycles. The molecule has 0 saturated carbocycles. The van der Waals surface area contributed by atoms with Crippen molar-refractivity contribution in [3.05, 3.63) is 90.6 Å². The zero-order valence-corrected chi connectivity index (χ0v) is 21.9. The molecule has 1 saturated heterocycles. The van der Waals surface area contributed by atoms with Crippen LogP contribution >= 0.6 is 0 Å². The maximum absolute atomic E-state index is 13.1. The minimum absolute atomic E-state index is 0.156. The Kier molecular flexibility index (Phi) is 6.29. The summed E-state index contributed by atoms with van der Waals surface area (Å²) in [7, 11) is 1.88. The summed E-state index contributed by atoms with van der Waals surface area (Å²) in [5.41, 5.74) is 6.01. The van der Waals surface area contributed by atoms with Gasteiger partial charge in [0.25, 0.3) is 0 Å². The third kappa shape index (κ3) is 4.61. The Bertz CT molecular complexity index is 1670. The van der Waals surface area contributed by atoms with Gasteiger partial charge in [-0.3, -0.25) is 9.48 Å². The van der Waals surface area contributed by atoms with Crippen LogP contribution in [0.25, 0.3) is 27.8 Å². The number of amides is 1. The predicted octanol–water partition coefficient (Wildman–Crippen LogP) is 4.12. The predicted molar refractivity (Wildman–Crippen MR) is 149 cm³/mol. The van der Waals surface area contributed by atoms with Crippen LogP contribution in [0.15, 0.2) is 79.5 Å². The summed E-state index contributed by atoms with van der Waals surface area (Å²) in [5, 5.41) is 18.4. The van der Waals surface area contributed by atoms with E-state index in [2.05, 4.69) is 27.2 Å². The van der Waals surface area contributed by atoms with Crippen molar-refractivity contribution in [2.75, 3.05) is 31.1 Å². The van der Waals surface area contributed by atoms with E-state index in [1.54, 1.807) is 15.4 Å². The van der Waals surface area contributed by atoms with Gasteiger partial charge in [0.1, 0.15) is 11.9 Å². The van der Waals surface area contributed by atoms with Crippen LogP contribution in [-0.4, -0.2) is 61.4 Å². The molecule has 0 radical (unpaired) electrons. The number of nitriles is 1. The number of aromatic nitrogens is 5. The minimum Gasteiger partial charge on any atom is -0.353 e. The lowest BCUT2D eigenvalue weighted by atomic mass is 9.99. The zero-order valence-electron chi connectivity index (χ0n) is 21.9. The first-order valence-electron chi connectivity index (χ1n) is 13.0. The van der Waals surface area contributed by atoms with Crippen molar-refractivity contribution in [2.45, 2.75) is 12.8 Å². The van der Waals surface area contributed by atoms with Crippen LogP contribution in [0.5, 0.6) is 0 Å². The molecule has 1 fully saturated rings. The number of benzene rings is 1. The summed E-state index contributed by atoms with van der Waals surface area (Å²) in [5.74, 6) is 0.877. The molecule has 0 bridgehead atoms. The van der Waals surface area contributed by atoms with E-state index in [4.69, 9.17) is 4.98 Å². The summed E-state index contributed by atoms with van der Waals surface area (Å²) in [6.07, 6.45) is 9.11. The highest BCUT2D eigenvalue weighted by Gasteiger charge is 2.26. The van der Waals surface area contributed by atoms with Crippen LogP contribution in [0, 0.1) is 11.3 Å². The van der Waals surface area contributed by atoms with Crippen LogP contribution in [0.1, 0.15) is 24.0 Å². The third-order valence-electron chi connectivity index (χ3n) is 7.41. The lowest BCUT2D eigenvalue weighted by Gasteiger charge is -2.36. The molecule has 194 valence electrons. The van der Waals surface area contributed by atoms with E-state index in [-0.39, 0.29) is 11.8 Å². The molecule has 4 aromatic heterocycles. The van der Waals surface area contributed by atoms with E-state index in [0.717, 1.165) is 52.2 Å². The second-order valence-corrected chi connectivity index (χ2v) is 9.86. The van der Waals surface area contributed by atoms with Crippen molar-refractivity contribution in [1.82, 2.24) is 29.3 Å². The van der Waals surface area contributed by atoms with Crippen LogP contribution in [0.4, 0.5) is 5.82 Å². The molecule has 1 atom stereocenters. The zero-order chi connectivity index (χ0) is 26.9. The summed E-state index contributed by atoms with van der Waals surface area (Å²) < 4.78 is 3.51. The van der Waals surface area contributed by atoms with Gasteiger partial charge in [0.05, 0.1) is 29.4 Å². The van der Waals surface area contributed by atoms with Crippen LogP contribution in [-0.2, 0) is 11.8 Å². The quantitative estimate of drug-likeness (QED) is 0.349. The molecule has 39 heavy (non-hydrogen) atoms. The monoisotopic (exact) mass is 516 g/mol. The standard InChI is InChI=1S/C30H28N8O/c1-21(22-6-4-3-5-7-22)30(39)37-12-10-36(11-13-37)28-9-8-23(16-32-28)27-14-24(26-18-33-35(2)19-26)20-38-29(27)25(15-31)17-34-38/h3-9,14,16-21H,10-13H2,1-2H3/t21-/m1/s1. The second-order valence-electron chi connectivity index (χ2n) is 9.86. The molecule has 0 unspecified atom stereocenters. The number of piperazine rings is 1. The second kappa shape index (κ2) is 10.1. The Hall–Kier alpha value is -4.97. The number of nitrogens with zero attached hydrogens (tertiary/aromatic N) is 8.